The van der Waals surface area contributed by atoms with Gasteiger partial charge in [0.05, 0.1) is 10.6 Å². The Kier molecular flexibility index (Phi) is 5.42. The lowest BCUT2D eigenvalue weighted by Crippen LogP contribution is -2.30. The predicted octanol–water partition coefficient (Wildman–Crippen LogP) is 2.59. The lowest BCUT2D eigenvalue weighted by Gasteiger charge is -2.09. The molecule has 0 fully saturated rings. The monoisotopic (exact) mass is 327 g/mol. The zero-order valence-corrected chi connectivity index (χ0v) is 13.2. The molecular weight excluding hydrogens is 310 g/mol. The molecule has 1 aromatic rings. The Hall–Kier alpha value is -1.33. The number of rotatable bonds is 6. The lowest BCUT2D eigenvalue weighted by atomic mass is 10.1. The summed E-state index contributed by atoms with van der Waals surface area (Å²) < 4.78 is 24.1. The standard InChI is InChI=1S/C15H18ClNO3S/c16-13-5-7-14(8-6-13)21(19,20)10-9-17-15(18)11-12-3-1-2-4-12/h1,3,5-8,12H,2,4,9-11H2,(H,17,18)/t12-/m1/s1. The summed E-state index contributed by atoms with van der Waals surface area (Å²) in [6.07, 6.45) is 6.56. The van der Waals surface area contributed by atoms with Gasteiger partial charge in [-0.25, -0.2) is 8.42 Å². The molecule has 4 nitrogen and oxygen atoms in total. The number of carbonyl (C=O) groups is 1. The highest BCUT2D eigenvalue weighted by atomic mass is 35.5. The predicted molar refractivity (Wildman–Crippen MR) is 83.0 cm³/mol. The minimum Gasteiger partial charge on any atom is -0.355 e. The van der Waals surface area contributed by atoms with Crippen LogP contribution in [-0.2, 0) is 14.6 Å². The van der Waals surface area contributed by atoms with Crippen molar-refractivity contribution in [2.75, 3.05) is 12.3 Å². The van der Waals surface area contributed by atoms with E-state index in [0.717, 1.165) is 12.8 Å². The van der Waals surface area contributed by atoms with Gasteiger partial charge in [0.25, 0.3) is 0 Å². The number of sulfone groups is 1. The minimum atomic E-state index is -3.39. The molecule has 0 unspecified atom stereocenters. The Bertz CT molecular complexity index is 623. The van der Waals surface area contributed by atoms with E-state index in [1.54, 1.807) is 12.1 Å². The van der Waals surface area contributed by atoms with Crippen molar-refractivity contribution in [1.29, 1.82) is 0 Å². The Morgan fingerprint density at radius 3 is 2.62 bits per heavy atom. The molecule has 0 spiro atoms. The summed E-state index contributed by atoms with van der Waals surface area (Å²) in [5.41, 5.74) is 0. The maximum absolute atomic E-state index is 12.1. The molecule has 114 valence electrons. The summed E-state index contributed by atoms with van der Waals surface area (Å²) in [6, 6.07) is 6.03. The Balaban J connectivity index is 1.80. The first-order valence-corrected chi connectivity index (χ1v) is 8.92. The second kappa shape index (κ2) is 7.09. The highest BCUT2D eigenvalue weighted by Crippen LogP contribution is 2.20. The Labute approximate surface area is 130 Å². The second-order valence-electron chi connectivity index (χ2n) is 5.09. The van der Waals surface area contributed by atoms with Crippen LogP contribution in [0.2, 0.25) is 5.02 Å². The average molecular weight is 328 g/mol. The summed E-state index contributed by atoms with van der Waals surface area (Å²) >= 11 is 5.73. The van der Waals surface area contributed by atoms with Gasteiger partial charge in [-0.1, -0.05) is 23.8 Å². The number of hydrogen-bond donors (Lipinski definition) is 1. The topological polar surface area (TPSA) is 63.2 Å². The van der Waals surface area contributed by atoms with Crippen LogP contribution in [-0.4, -0.2) is 26.6 Å². The van der Waals surface area contributed by atoms with E-state index in [1.165, 1.54) is 12.1 Å². The number of amides is 1. The van der Waals surface area contributed by atoms with Crippen LogP contribution >= 0.6 is 11.6 Å². The Morgan fingerprint density at radius 2 is 2.00 bits per heavy atom. The summed E-state index contributed by atoms with van der Waals surface area (Å²) in [5, 5.41) is 3.16. The van der Waals surface area contributed by atoms with Crippen LogP contribution in [0.5, 0.6) is 0 Å². The van der Waals surface area contributed by atoms with Crippen molar-refractivity contribution < 1.29 is 13.2 Å². The third-order valence-corrected chi connectivity index (χ3v) is 5.41. The van der Waals surface area contributed by atoms with Crippen LogP contribution in [0.4, 0.5) is 0 Å². The molecule has 6 heteroatoms. The highest BCUT2D eigenvalue weighted by molar-refractivity contribution is 7.91. The summed E-state index contributed by atoms with van der Waals surface area (Å²) in [4.78, 5) is 11.9. The van der Waals surface area contributed by atoms with Crippen LogP contribution in [0.25, 0.3) is 0 Å². The molecule has 0 saturated heterocycles. The van der Waals surface area contributed by atoms with Gasteiger partial charge in [-0.05, 0) is 43.0 Å². The van der Waals surface area contributed by atoms with Gasteiger partial charge >= 0.3 is 0 Å². The Morgan fingerprint density at radius 1 is 1.29 bits per heavy atom. The van der Waals surface area contributed by atoms with Crippen molar-refractivity contribution in [2.24, 2.45) is 5.92 Å². The van der Waals surface area contributed by atoms with E-state index in [2.05, 4.69) is 11.4 Å². The van der Waals surface area contributed by atoms with Gasteiger partial charge in [0, 0.05) is 18.0 Å². The zero-order chi connectivity index (χ0) is 15.3. The largest absolute Gasteiger partial charge is 0.355 e. The first kappa shape index (κ1) is 16.0. The van der Waals surface area contributed by atoms with Gasteiger partial charge in [-0.3, -0.25) is 4.79 Å². The SMILES string of the molecule is O=C(C[C@@H]1C=CCC1)NCCS(=O)(=O)c1ccc(Cl)cc1. The molecule has 1 aliphatic carbocycles. The molecular formula is C15H18ClNO3S. The van der Waals surface area contributed by atoms with Crippen molar-refractivity contribution in [3.8, 4) is 0 Å². The quantitative estimate of drug-likeness (QED) is 0.817. The van der Waals surface area contributed by atoms with E-state index >= 15 is 0 Å². The molecule has 0 aromatic heterocycles. The van der Waals surface area contributed by atoms with Crippen molar-refractivity contribution in [3.05, 3.63) is 41.4 Å². The van der Waals surface area contributed by atoms with E-state index in [1.807, 2.05) is 6.08 Å². The molecule has 0 aliphatic heterocycles. The van der Waals surface area contributed by atoms with Crippen LogP contribution in [0.3, 0.4) is 0 Å². The second-order valence-corrected chi connectivity index (χ2v) is 7.64. The van der Waals surface area contributed by atoms with Crippen LogP contribution in [0, 0.1) is 5.92 Å². The van der Waals surface area contributed by atoms with Crippen molar-refractivity contribution >= 4 is 27.3 Å². The maximum atomic E-state index is 12.1. The van der Waals surface area contributed by atoms with Gasteiger partial charge in [0.1, 0.15) is 0 Å². The average Bonchev–Trinajstić information content (AvgIpc) is 2.91. The summed E-state index contributed by atoms with van der Waals surface area (Å²) in [7, 11) is -3.39. The minimum absolute atomic E-state index is 0.0992. The van der Waals surface area contributed by atoms with E-state index in [0.29, 0.717) is 11.4 Å². The first-order valence-electron chi connectivity index (χ1n) is 6.89. The molecule has 1 atom stereocenters. The molecule has 1 aromatic carbocycles. The number of allylic oxidation sites excluding steroid dienone is 2. The number of benzene rings is 1. The third kappa shape index (κ3) is 4.86. The van der Waals surface area contributed by atoms with Crippen LogP contribution in [0.1, 0.15) is 19.3 Å². The normalized spacial score (nSPS) is 17.9. The molecule has 1 aliphatic rings. The van der Waals surface area contributed by atoms with Crippen molar-refractivity contribution in [1.82, 2.24) is 5.32 Å². The summed E-state index contributed by atoms with van der Waals surface area (Å²) in [5.74, 6) is 0.0802. The lowest BCUT2D eigenvalue weighted by molar-refractivity contribution is -0.121. The van der Waals surface area contributed by atoms with E-state index in [4.69, 9.17) is 11.6 Å². The zero-order valence-electron chi connectivity index (χ0n) is 11.6. The molecule has 0 heterocycles. The van der Waals surface area contributed by atoms with E-state index < -0.39 is 9.84 Å². The van der Waals surface area contributed by atoms with Gasteiger partial charge in [-0.15, -0.1) is 0 Å². The summed E-state index contributed by atoms with van der Waals surface area (Å²) in [6.45, 7) is 0.125. The van der Waals surface area contributed by atoms with Crippen LogP contribution < -0.4 is 5.32 Å². The number of hydrogen-bond acceptors (Lipinski definition) is 3. The molecule has 21 heavy (non-hydrogen) atoms. The molecule has 1 amide bonds. The fourth-order valence-electron chi connectivity index (χ4n) is 2.26. The molecule has 1 N–H and O–H groups in total. The molecule has 0 saturated carbocycles. The van der Waals surface area contributed by atoms with Crippen molar-refractivity contribution in [2.45, 2.75) is 24.2 Å². The van der Waals surface area contributed by atoms with Gasteiger partial charge in [-0.2, -0.15) is 0 Å². The number of halogens is 1. The first-order chi connectivity index (χ1) is 9.97. The fourth-order valence-corrected chi connectivity index (χ4v) is 3.54. The molecule has 2 rings (SSSR count). The number of carbonyl (C=O) groups excluding carboxylic acids is 1. The van der Waals surface area contributed by atoms with Gasteiger partial charge < -0.3 is 5.32 Å². The van der Waals surface area contributed by atoms with Gasteiger partial charge in [0.2, 0.25) is 5.91 Å². The third-order valence-electron chi connectivity index (χ3n) is 3.43. The van der Waals surface area contributed by atoms with E-state index in [-0.39, 0.29) is 29.0 Å². The maximum Gasteiger partial charge on any atom is 0.220 e. The number of nitrogens with one attached hydrogen (secondary N) is 1. The molecule has 0 bridgehead atoms. The highest BCUT2D eigenvalue weighted by Gasteiger charge is 2.16. The van der Waals surface area contributed by atoms with E-state index in [9.17, 15) is 13.2 Å². The van der Waals surface area contributed by atoms with Crippen molar-refractivity contribution in [3.63, 3.8) is 0 Å². The fraction of sp³-hybridized carbons (Fsp3) is 0.400. The van der Waals surface area contributed by atoms with Crippen LogP contribution in [0.15, 0.2) is 41.3 Å². The van der Waals surface area contributed by atoms with Gasteiger partial charge in [0.15, 0.2) is 9.84 Å². The molecule has 0 radical (unpaired) electrons. The smallest absolute Gasteiger partial charge is 0.220 e.